The predicted molar refractivity (Wildman–Crippen MR) is 79.5 cm³/mol. The van der Waals surface area contributed by atoms with Crippen molar-refractivity contribution in [3.8, 4) is 0 Å². The largest absolute Gasteiger partial charge is 0.463 e. The van der Waals surface area contributed by atoms with E-state index in [-0.39, 0.29) is 11.4 Å². The maximum absolute atomic E-state index is 11.6. The van der Waals surface area contributed by atoms with Crippen molar-refractivity contribution in [2.75, 3.05) is 40.1 Å². The Balaban J connectivity index is 3.74. The molecule has 0 saturated heterocycles. The fourth-order valence-corrected chi connectivity index (χ4v) is 2.03. The Labute approximate surface area is 123 Å². The van der Waals surface area contributed by atoms with Crippen LogP contribution in [-0.2, 0) is 19.0 Å². The Kier molecular flexibility index (Phi) is 10.7. The van der Waals surface area contributed by atoms with Gasteiger partial charge in [-0.2, -0.15) is 0 Å². The number of esters is 1. The molecule has 0 aliphatic heterocycles. The molecule has 0 radical (unpaired) electrons. The minimum atomic E-state index is -0.161. The van der Waals surface area contributed by atoms with Crippen LogP contribution < -0.4 is 5.73 Å². The Hall–Kier alpha value is -0.650. The molecule has 0 saturated carbocycles. The fourth-order valence-electron chi connectivity index (χ4n) is 2.03. The third-order valence-corrected chi connectivity index (χ3v) is 3.36. The monoisotopic (exact) mass is 289 g/mol. The lowest BCUT2D eigenvalue weighted by Gasteiger charge is -2.30. The van der Waals surface area contributed by atoms with Crippen molar-refractivity contribution in [1.82, 2.24) is 0 Å². The Morgan fingerprint density at radius 2 is 1.75 bits per heavy atom. The average molecular weight is 289 g/mol. The first-order valence-corrected chi connectivity index (χ1v) is 7.34. The topological polar surface area (TPSA) is 70.8 Å². The minimum absolute atomic E-state index is 0.161. The van der Waals surface area contributed by atoms with Gasteiger partial charge in [-0.3, -0.25) is 4.79 Å². The van der Waals surface area contributed by atoms with E-state index in [1.807, 2.05) is 0 Å². The van der Waals surface area contributed by atoms with Gasteiger partial charge in [0.05, 0.1) is 19.8 Å². The molecule has 0 aliphatic carbocycles. The quantitative estimate of drug-likeness (QED) is 0.465. The molecule has 5 nitrogen and oxygen atoms in total. The molecule has 0 bridgehead atoms. The van der Waals surface area contributed by atoms with Crippen molar-refractivity contribution < 1.29 is 19.0 Å². The highest BCUT2D eigenvalue weighted by atomic mass is 16.6. The third kappa shape index (κ3) is 10.2. The second-order valence-electron chi connectivity index (χ2n) is 6.00. The first-order chi connectivity index (χ1) is 9.41. The summed E-state index contributed by atoms with van der Waals surface area (Å²) in [6.45, 7) is 9.01. The van der Waals surface area contributed by atoms with E-state index in [2.05, 4.69) is 20.8 Å². The summed E-state index contributed by atoms with van der Waals surface area (Å²) in [5.41, 5.74) is 5.80. The van der Waals surface area contributed by atoms with Crippen LogP contribution in [0.1, 0.15) is 40.0 Å². The summed E-state index contributed by atoms with van der Waals surface area (Å²) in [5, 5.41) is 0. The summed E-state index contributed by atoms with van der Waals surface area (Å²) in [4.78, 5) is 11.6. The maximum Gasteiger partial charge on any atom is 0.305 e. The molecule has 0 amide bonds. The minimum Gasteiger partial charge on any atom is -0.463 e. The smallest absolute Gasteiger partial charge is 0.305 e. The number of rotatable bonds is 11. The van der Waals surface area contributed by atoms with Gasteiger partial charge in [-0.05, 0) is 30.7 Å². The molecule has 1 unspecified atom stereocenters. The zero-order chi connectivity index (χ0) is 15.4. The Morgan fingerprint density at radius 1 is 1.10 bits per heavy atom. The normalized spacial score (nSPS) is 13.2. The summed E-state index contributed by atoms with van der Waals surface area (Å²) in [5.74, 6) is 0.282. The summed E-state index contributed by atoms with van der Waals surface area (Å²) < 4.78 is 15.2. The zero-order valence-electron chi connectivity index (χ0n) is 13.4. The van der Waals surface area contributed by atoms with Gasteiger partial charge in [0.1, 0.15) is 6.61 Å². The van der Waals surface area contributed by atoms with Gasteiger partial charge in [-0.15, -0.1) is 0 Å². The molecule has 0 rings (SSSR count). The zero-order valence-corrected chi connectivity index (χ0v) is 13.4. The van der Waals surface area contributed by atoms with Crippen molar-refractivity contribution in [1.29, 1.82) is 0 Å². The lowest BCUT2D eigenvalue weighted by molar-refractivity contribution is -0.145. The van der Waals surface area contributed by atoms with E-state index in [9.17, 15) is 4.79 Å². The molecule has 0 aliphatic rings. The van der Waals surface area contributed by atoms with Gasteiger partial charge in [0, 0.05) is 13.5 Å². The van der Waals surface area contributed by atoms with Gasteiger partial charge < -0.3 is 19.9 Å². The van der Waals surface area contributed by atoms with Crippen molar-refractivity contribution in [3.05, 3.63) is 0 Å². The van der Waals surface area contributed by atoms with Crippen LogP contribution in [0.3, 0.4) is 0 Å². The van der Waals surface area contributed by atoms with Crippen LogP contribution in [-0.4, -0.2) is 46.1 Å². The number of hydrogen-bond donors (Lipinski definition) is 1. The van der Waals surface area contributed by atoms with Gasteiger partial charge in [0.2, 0.25) is 0 Å². The van der Waals surface area contributed by atoms with Crippen molar-refractivity contribution in [3.63, 3.8) is 0 Å². The fraction of sp³-hybridized carbons (Fsp3) is 0.933. The molecule has 0 fully saturated rings. The predicted octanol–water partition coefficient (Wildman–Crippen LogP) is 1.98. The molecule has 20 heavy (non-hydrogen) atoms. The van der Waals surface area contributed by atoms with Crippen molar-refractivity contribution in [2.24, 2.45) is 17.1 Å². The van der Waals surface area contributed by atoms with Crippen LogP contribution in [0.5, 0.6) is 0 Å². The standard InChI is InChI=1S/C15H31NO4/c1-15(2,3)13(7-8-16)5-6-14(17)20-12-11-19-10-9-18-4/h13H,5-12,16H2,1-4H3. The molecule has 120 valence electrons. The molecule has 2 N–H and O–H groups in total. The number of methoxy groups -OCH3 is 1. The van der Waals surface area contributed by atoms with Crippen LogP contribution in [0.25, 0.3) is 0 Å². The molecule has 0 heterocycles. The maximum atomic E-state index is 11.6. The highest BCUT2D eigenvalue weighted by molar-refractivity contribution is 5.69. The first kappa shape index (κ1) is 19.4. The Morgan fingerprint density at radius 3 is 2.30 bits per heavy atom. The van der Waals surface area contributed by atoms with E-state index in [0.29, 0.717) is 45.3 Å². The molecule has 5 heteroatoms. The summed E-state index contributed by atoms with van der Waals surface area (Å²) >= 11 is 0. The number of carbonyl (C=O) groups excluding carboxylic acids is 1. The van der Waals surface area contributed by atoms with Crippen LogP contribution in [0.15, 0.2) is 0 Å². The highest BCUT2D eigenvalue weighted by Gasteiger charge is 2.24. The summed E-state index contributed by atoms with van der Waals surface area (Å²) in [6.07, 6.45) is 2.21. The SMILES string of the molecule is COCCOCCOC(=O)CCC(CCN)C(C)(C)C. The van der Waals surface area contributed by atoms with Crippen molar-refractivity contribution in [2.45, 2.75) is 40.0 Å². The molecular weight excluding hydrogens is 258 g/mol. The van der Waals surface area contributed by atoms with E-state index in [4.69, 9.17) is 19.9 Å². The van der Waals surface area contributed by atoms with E-state index in [0.717, 1.165) is 12.8 Å². The molecule has 0 aromatic carbocycles. The lowest BCUT2D eigenvalue weighted by Crippen LogP contribution is -2.24. The summed E-state index contributed by atoms with van der Waals surface area (Å²) in [6, 6.07) is 0. The number of ether oxygens (including phenoxy) is 3. The lowest BCUT2D eigenvalue weighted by atomic mass is 9.76. The van der Waals surface area contributed by atoms with E-state index in [1.165, 1.54) is 0 Å². The van der Waals surface area contributed by atoms with E-state index >= 15 is 0 Å². The first-order valence-electron chi connectivity index (χ1n) is 7.34. The number of hydrogen-bond acceptors (Lipinski definition) is 5. The second-order valence-corrected chi connectivity index (χ2v) is 6.00. The van der Waals surface area contributed by atoms with Gasteiger partial charge in [-0.1, -0.05) is 20.8 Å². The number of carbonyl (C=O) groups is 1. The average Bonchev–Trinajstić information content (AvgIpc) is 2.37. The highest BCUT2D eigenvalue weighted by Crippen LogP contribution is 2.32. The van der Waals surface area contributed by atoms with E-state index < -0.39 is 0 Å². The molecular formula is C15H31NO4. The van der Waals surface area contributed by atoms with Crippen LogP contribution in [0, 0.1) is 11.3 Å². The van der Waals surface area contributed by atoms with Crippen LogP contribution >= 0.6 is 0 Å². The van der Waals surface area contributed by atoms with Gasteiger partial charge >= 0.3 is 5.97 Å². The van der Waals surface area contributed by atoms with E-state index in [1.54, 1.807) is 7.11 Å². The van der Waals surface area contributed by atoms with Gasteiger partial charge in [0.25, 0.3) is 0 Å². The van der Waals surface area contributed by atoms with Crippen LogP contribution in [0.4, 0.5) is 0 Å². The van der Waals surface area contributed by atoms with Crippen LogP contribution in [0.2, 0.25) is 0 Å². The van der Waals surface area contributed by atoms with Crippen molar-refractivity contribution >= 4 is 5.97 Å². The summed E-state index contributed by atoms with van der Waals surface area (Å²) in [7, 11) is 1.62. The van der Waals surface area contributed by atoms with Gasteiger partial charge in [-0.25, -0.2) is 0 Å². The second kappa shape index (κ2) is 11.1. The van der Waals surface area contributed by atoms with Gasteiger partial charge in [0.15, 0.2) is 0 Å². The number of nitrogens with two attached hydrogens (primary N) is 1. The molecule has 0 spiro atoms. The third-order valence-electron chi connectivity index (χ3n) is 3.36. The molecule has 0 aromatic rings. The molecule has 1 atom stereocenters. The molecule has 0 aromatic heterocycles. The Bertz CT molecular complexity index is 251.